The minimum atomic E-state index is 0.838. The molecule has 0 spiro atoms. The van der Waals surface area contributed by atoms with Gasteiger partial charge in [0.25, 0.3) is 0 Å². The molecule has 4 rings (SSSR count). The van der Waals surface area contributed by atoms with Crippen molar-refractivity contribution in [3.05, 3.63) is 53.2 Å². The van der Waals surface area contributed by atoms with Crippen molar-refractivity contribution in [3.8, 4) is 0 Å². The van der Waals surface area contributed by atoms with Crippen molar-refractivity contribution in [1.82, 2.24) is 14.8 Å². The van der Waals surface area contributed by atoms with Crippen LogP contribution in [0.15, 0.2) is 35.2 Å². The Morgan fingerprint density at radius 2 is 2.22 bits per heavy atom. The summed E-state index contributed by atoms with van der Waals surface area (Å²) in [5, 5.41) is 0. The number of nitrogens with zero attached hydrogens (tertiary/aromatic N) is 3. The van der Waals surface area contributed by atoms with Gasteiger partial charge < -0.3 is 4.42 Å². The summed E-state index contributed by atoms with van der Waals surface area (Å²) in [6, 6.07) is 3.98. The first-order chi connectivity index (χ1) is 11.3. The van der Waals surface area contributed by atoms with E-state index in [-0.39, 0.29) is 0 Å². The lowest BCUT2D eigenvalue weighted by Crippen LogP contribution is -2.33. The molecule has 0 amide bonds. The molecule has 2 aromatic heterocycles. The fourth-order valence-corrected chi connectivity index (χ4v) is 3.60. The highest BCUT2D eigenvalue weighted by atomic mass is 16.3. The predicted octanol–water partition coefficient (Wildman–Crippen LogP) is 3.07. The summed E-state index contributed by atoms with van der Waals surface area (Å²) >= 11 is 0. The molecule has 1 aliphatic carbocycles. The summed E-state index contributed by atoms with van der Waals surface area (Å²) in [4.78, 5) is 9.41. The van der Waals surface area contributed by atoms with Gasteiger partial charge in [-0.25, -0.2) is 0 Å². The van der Waals surface area contributed by atoms with Gasteiger partial charge in [0.1, 0.15) is 5.76 Å². The standard InChI is InChI=1S/C19H25N3O/c1-21(14-18-3-2-8-23-18)12-16-9-20-10-17-13-22(7-6-19(16)17)11-15-4-5-15/h2-3,8-10,15H,4-7,11-14H2,1H3. The number of furan rings is 1. The minimum absolute atomic E-state index is 0.838. The molecule has 2 aliphatic rings. The van der Waals surface area contributed by atoms with E-state index in [4.69, 9.17) is 4.42 Å². The second kappa shape index (κ2) is 6.46. The normalized spacial score (nSPS) is 18.3. The van der Waals surface area contributed by atoms with E-state index >= 15 is 0 Å². The first-order valence-electron chi connectivity index (χ1n) is 8.66. The van der Waals surface area contributed by atoms with Crippen LogP contribution < -0.4 is 0 Å². The van der Waals surface area contributed by atoms with E-state index in [0.29, 0.717) is 0 Å². The van der Waals surface area contributed by atoms with Crippen LogP contribution in [0.25, 0.3) is 0 Å². The van der Waals surface area contributed by atoms with Gasteiger partial charge in [-0.15, -0.1) is 0 Å². The number of hydrogen-bond acceptors (Lipinski definition) is 4. The van der Waals surface area contributed by atoms with Gasteiger partial charge in [0, 0.05) is 38.6 Å². The van der Waals surface area contributed by atoms with Crippen molar-refractivity contribution < 1.29 is 4.42 Å². The molecule has 0 bridgehead atoms. The number of hydrogen-bond donors (Lipinski definition) is 0. The Bertz CT molecular complexity index is 649. The average molecular weight is 311 g/mol. The lowest BCUT2D eigenvalue weighted by atomic mass is 9.96. The molecule has 122 valence electrons. The second-order valence-corrected chi connectivity index (χ2v) is 7.12. The Hall–Kier alpha value is -1.65. The second-order valence-electron chi connectivity index (χ2n) is 7.12. The summed E-state index contributed by atoms with van der Waals surface area (Å²) in [5.74, 6) is 1.98. The average Bonchev–Trinajstić information content (AvgIpc) is 3.21. The molecular formula is C19H25N3O. The van der Waals surface area contributed by atoms with Crippen molar-refractivity contribution in [2.75, 3.05) is 20.1 Å². The highest BCUT2D eigenvalue weighted by molar-refractivity contribution is 5.34. The van der Waals surface area contributed by atoms with Crippen LogP contribution in [-0.4, -0.2) is 34.9 Å². The van der Waals surface area contributed by atoms with E-state index in [0.717, 1.165) is 37.7 Å². The van der Waals surface area contributed by atoms with Gasteiger partial charge in [-0.2, -0.15) is 0 Å². The quantitative estimate of drug-likeness (QED) is 0.821. The molecule has 0 saturated heterocycles. The first kappa shape index (κ1) is 14.9. The molecule has 0 N–H and O–H groups in total. The van der Waals surface area contributed by atoms with Crippen molar-refractivity contribution >= 4 is 0 Å². The number of fused-ring (bicyclic) bond motifs is 1. The molecule has 4 heteroatoms. The van der Waals surface area contributed by atoms with Crippen LogP contribution >= 0.6 is 0 Å². The largest absolute Gasteiger partial charge is 0.468 e. The third kappa shape index (κ3) is 3.65. The zero-order valence-corrected chi connectivity index (χ0v) is 13.9. The molecular weight excluding hydrogens is 286 g/mol. The van der Waals surface area contributed by atoms with Gasteiger partial charge in [-0.3, -0.25) is 14.8 Å². The maximum absolute atomic E-state index is 5.45. The van der Waals surface area contributed by atoms with E-state index in [1.165, 1.54) is 42.6 Å². The van der Waals surface area contributed by atoms with Crippen LogP contribution in [-0.2, 0) is 26.1 Å². The van der Waals surface area contributed by atoms with Crippen LogP contribution in [0.1, 0.15) is 35.3 Å². The zero-order valence-electron chi connectivity index (χ0n) is 13.9. The summed E-state index contributed by atoms with van der Waals surface area (Å²) in [6.07, 6.45) is 9.88. The molecule has 0 unspecified atom stereocenters. The fraction of sp³-hybridized carbons (Fsp3) is 0.526. The Kier molecular flexibility index (Phi) is 4.19. The molecule has 3 heterocycles. The smallest absolute Gasteiger partial charge is 0.117 e. The molecule has 0 aromatic carbocycles. The maximum Gasteiger partial charge on any atom is 0.117 e. The van der Waals surface area contributed by atoms with Gasteiger partial charge in [0.2, 0.25) is 0 Å². The molecule has 1 fully saturated rings. The highest BCUT2D eigenvalue weighted by Gasteiger charge is 2.27. The van der Waals surface area contributed by atoms with Gasteiger partial charge in [0.15, 0.2) is 0 Å². The lowest BCUT2D eigenvalue weighted by molar-refractivity contribution is 0.240. The van der Waals surface area contributed by atoms with Crippen LogP contribution in [0.2, 0.25) is 0 Å². The third-order valence-corrected chi connectivity index (χ3v) is 4.97. The fourth-order valence-electron chi connectivity index (χ4n) is 3.60. The van der Waals surface area contributed by atoms with Crippen molar-refractivity contribution in [2.45, 2.75) is 38.9 Å². The Morgan fingerprint density at radius 3 is 3.00 bits per heavy atom. The first-order valence-corrected chi connectivity index (χ1v) is 8.66. The molecule has 4 nitrogen and oxygen atoms in total. The highest BCUT2D eigenvalue weighted by Crippen LogP contribution is 2.32. The zero-order chi connectivity index (χ0) is 15.6. The van der Waals surface area contributed by atoms with E-state index in [1.807, 2.05) is 18.3 Å². The van der Waals surface area contributed by atoms with Crippen LogP contribution in [0.5, 0.6) is 0 Å². The summed E-state index contributed by atoms with van der Waals surface area (Å²) in [7, 11) is 2.14. The van der Waals surface area contributed by atoms with Crippen LogP contribution in [0, 0.1) is 5.92 Å². The topological polar surface area (TPSA) is 32.5 Å². The van der Waals surface area contributed by atoms with Crippen molar-refractivity contribution in [1.29, 1.82) is 0 Å². The van der Waals surface area contributed by atoms with E-state index in [2.05, 4.69) is 28.0 Å². The van der Waals surface area contributed by atoms with Gasteiger partial charge in [-0.05, 0) is 61.1 Å². The number of rotatable bonds is 6. The molecule has 1 aliphatic heterocycles. The van der Waals surface area contributed by atoms with Gasteiger partial charge >= 0.3 is 0 Å². The maximum atomic E-state index is 5.45. The third-order valence-electron chi connectivity index (χ3n) is 4.97. The molecule has 2 aromatic rings. The van der Waals surface area contributed by atoms with Gasteiger partial charge in [0.05, 0.1) is 12.8 Å². The minimum Gasteiger partial charge on any atom is -0.468 e. The Balaban J connectivity index is 1.43. The Labute approximate surface area is 138 Å². The van der Waals surface area contributed by atoms with Crippen LogP contribution in [0.3, 0.4) is 0 Å². The molecule has 1 saturated carbocycles. The molecule has 23 heavy (non-hydrogen) atoms. The molecule has 0 atom stereocenters. The summed E-state index contributed by atoms with van der Waals surface area (Å²) in [5.41, 5.74) is 4.33. The lowest BCUT2D eigenvalue weighted by Gasteiger charge is -2.30. The van der Waals surface area contributed by atoms with E-state index in [1.54, 1.807) is 6.26 Å². The van der Waals surface area contributed by atoms with Crippen molar-refractivity contribution in [2.24, 2.45) is 5.92 Å². The SMILES string of the molecule is CN(Cc1ccco1)Cc1cncc2c1CCN(CC1CC1)C2. The molecule has 0 radical (unpaired) electrons. The summed E-state index contributed by atoms with van der Waals surface area (Å²) < 4.78 is 5.45. The Morgan fingerprint density at radius 1 is 1.30 bits per heavy atom. The van der Waals surface area contributed by atoms with Gasteiger partial charge in [-0.1, -0.05) is 0 Å². The van der Waals surface area contributed by atoms with E-state index in [9.17, 15) is 0 Å². The number of pyridine rings is 1. The summed E-state index contributed by atoms with van der Waals surface area (Å²) in [6.45, 7) is 5.32. The van der Waals surface area contributed by atoms with Crippen LogP contribution in [0.4, 0.5) is 0 Å². The predicted molar refractivity (Wildman–Crippen MR) is 89.8 cm³/mol. The number of aromatic nitrogens is 1. The monoisotopic (exact) mass is 311 g/mol. The van der Waals surface area contributed by atoms with Crippen molar-refractivity contribution in [3.63, 3.8) is 0 Å². The van der Waals surface area contributed by atoms with E-state index < -0.39 is 0 Å².